The number of hydrogen-bond donors (Lipinski definition) is 1. The minimum absolute atomic E-state index is 0.693. The van der Waals surface area contributed by atoms with Crippen molar-refractivity contribution in [3.8, 4) is 0 Å². The van der Waals surface area contributed by atoms with E-state index in [1.165, 1.54) is 41.4 Å². The van der Waals surface area contributed by atoms with Gasteiger partial charge in [-0.3, -0.25) is 4.90 Å². The molecule has 1 saturated heterocycles. The molecule has 0 aromatic carbocycles. The highest BCUT2D eigenvalue weighted by molar-refractivity contribution is 7.11. The third-order valence-corrected chi connectivity index (χ3v) is 4.66. The molecule has 0 bridgehead atoms. The van der Waals surface area contributed by atoms with E-state index in [0.29, 0.717) is 6.04 Å². The SMILES string of the molecule is CNCC1CCCCN1Cc1nc(C)c(C)s1. The standard InChI is InChI=1S/C13H23N3S/c1-10-11(2)17-13(15-10)9-16-7-5-4-6-12(16)8-14-3/h12,14H,4-9H2,1-3H3. The molecule has 17 heavy (non-hydrogen) atoms. The quantitative estimate of drug-likeness (QED) is 0.892. The molecular weight excluding hydrogens is 230 g/mol. The molecule has 1 atom stereocenters. The fourth-order valence-corrected chi connectivity index (χ4v) is 3.48. The highest BCUT2D eigenvalue weighted by Gasteiger charge is 2.22. The van der Waals surface area contributed by atoms with Crippen LogP contribution in [0.15, 0.2) is 0 Å². The summed E-state index contributed by atoms with van der Waals surface area (Å²) in [4.78, 5) is 8.61. The maximum Gasteiger partial charge on any atom is 0.107 e. The molecule has 2 heterocycles. The van der Waals surface area contributed by atoms with E-state index in [0.717, 1.165) is 13.1 Å². The molecule has 1 aromatic rings. The Hall–Kier alpha value is -0.450. The van der Waals surface area contributed by atoms with Crippen molar-refractivity contribution in [2.75, 3.05) is 20.1 Å². The van der Waals surface area contributed by atoms with Crippen molar-refractivity contribution in [1.29, 1.82) is 0 Å². The average Bonchev–Trinajstić information content (AvgIpc) is 2.61. The Bertz CT molecular complexity index is 340. The summed E-state index contributed by atoms with van der Waals surface area (Å²) in [7, 11) is 2.05. The summed E-state index contributed by atoms with van der Waals surface area (Å²) < 4.78 is 0. The van der Waals surface area contributed by atoms with E-state index in [1.54, 1.807) is 0 Å². The lowest BCUT2D eigenvalue weighted by molar-refractivity contribution is 0.139. The number of nitrogens with zero attached hydrogens (tertiary/aromatic N) is 2. The molecule has 2 rings (SSSR count). The number of nitrogens with one attached hydrogen (secondary N) is 1. The van der Waals surface area contributed by atoms with Crippen molar-refractivity contribution in [3.63, 3.8) is 0 Å². The molecule has 1 aliphatic heterocycles. The largest absolute Gasteiger partial charge is 0.318 e. The Labute approximate surface area is 108 Å². The fourth-order valence-electron chi connectivity index (χ4n) is 2.52. The van der Waals surface area contributed by atoms with Crippen molar-refractivity contribution in [3.05, 3.63) is 15.6 Å². The maximum absolute atomic E-state index is 4.66. The van der Waals surface area contributed by atoms with Crippen LogP contribution in [-0.4, -0.2) is 36.1 Å². The second-order valence-electron chi connectivity index (χ2n) is 4.93. The normalized spacial score (nSPS) is 21.9. The molecular formula is C13H23N3S. The van der Waals surface area contributed by atoms with E-state index in [2.05, 4.69) is 29.0 Å². The van der Waals surface area contributed by atoms with E-state index in [-0.39, 0.29) is 0 Å². The van der Waals surface area contributed by atoms with Gasteiger partial charge in [-0.2, -0.15) is 0 Å². The molecule has 0 saturated carbocycles. The molecule has 0 radical (unpaired) electrons. The summed E-state index contributed by atoms with van der Waals surface area (Å²) in [5, 5.41) is 4.59. The molecule has 3 nitrogen and oxygen atoms in total. The van der Waals surface area contributed by atoms with Gasteiger partial charge in [0.2, 0.25) is 0 Å². The molecule has 0 amide bonds. The number of likely N-dealkylation sites (N-methyl/N-ethyl adjacent to an activating group) is 1. The number of rotatable bonds is 4. The van der Waals surface area contributed by atoms with E-state index < -0.39 is 0 Å². The summed E-state index contributed by atoms with van der Waals surface area (Å²) in [5.41, 5.74) is 1.20. The first-order chi connectivity index (χ1) is 8.20. The molecule has 1 aromatic heterocycles. The lowest BCUT2D eigenvalue weighted by atomic mass is 10.0. The van der Waals surface area contributed by atoms with Gasteiger partial charge in [0.25, 0.3) is 0 Å². The van der Waals surface area contributed by atoms with Gasteiger partial charge in [-0.1, -0.05) is 6.42 Å². The molecule has 1 unspecified atom stereocenters. The Balaban J connectivity index is 2.00. The van der Waals surface area contributed by atoms with Crippen molar-refractivity contribution in [1.82, 2.24) is 15.2 Å². The first-order valence-electron chi connectivity index (χ1n) is 6.52. The zero-order valence-corrected chi connectivity index (χ0v) is 11.9. The minimum Gasteiger partial charge on any atom is -0.318 e. The summed E-state index contributed by atoms with van der Waals surface area (Å²) in [6.07, 6.45) is 4.03. The Morgan fingerprint density at radius 3 is 2.88 bits per heavy atom. The van der Waals surface area contributed by atoms with Crippen LogP contribution in [0.4, 0.5) is 0 Å². The van der Waals surface area contributed by atoms with Crippen LogP contribution in [0.2, 0.25) is 0 Å². The van der Waals surface area contributed by atoms with E-state index in [9.17, 15) is 0 Å². The molecule has 0 spiro atoms. The van der Waals surface area contributed by atoms with Crippen LogP contribution in [-0.2, 0) is 6.54 Å². The summed E-state index contributed by atoms with van der Waals surface area (Å²) in [6, 6.07) is 0.693. The number of piperidine rings is 1. The van der Waals surface area contributed by atoms with Crippen molar-refractivity contribution < 1.29 is 0 Å². The smallest absolute Gasteiger partial charge is 0.107 e. The van der Waals surface area contributed by atoms with Crippen LogP contribution >= 0.6 is 11.3 Å². The van der Waals surface area contributed by atoms with Gasteiger partial charge in [-0.25, -0.2) is 4.98 Å². The summed E-state index contributed by atoms with van der Waals surface area (Å²) in [5.74, 6) is 0. The van der Waals surface area contributed by atoms with Gasteiger partial charge in [0, 0.05) is 17.5 Å². The van der Waals surface area contributed by atoms with Gasteiger partial charge in [-0.05, 0) is 40.3 Å². The van der Waals surface area contributed by atoms with Crippen LogP contribution in [0.3, 0.4) is 0 Å². The van der Waals surface area contributed by atoms with Gasteiger partial charge in [-0.15, -0.1) is 11.3 Å². The molecule has 96 valence electrons. The number of aryl methyl sites for hydroxylation is 2. The second-order valence-corrected chi connectivity index (χ2v) is 6.21. The lowest BCUT2D eigenvalue weighted by Crippen LogP contribution is -2.44. The van der Waals surface area contributed by atoms with E-state index in [1.807, 2.05) is 18.4 Å². The molecule has 0 aliphatic carbocycles. The molecule has 4 heteroatoms. The van der Waals surface area contributed by atoms with Gasteiger partial charge in [0.05, 0.1) is 12.2 Å². The van der Waals surface area contributed by atoms with Crippen LogP contribution in [0, 0.1) is 13.8 Å². The van der Waals surface area contributed by atoms with Crippen LogP contribution < -0.4 is 5.32 Å². The lowest BCUT2D eigenvalue weighted by Gasteiger charge is -2.35. The number of hydrogen-bond acceptors (Lipinski definition) is 4. The Morgan fingerprint density at radius 1 is 1.41 bits per heavy atom. The first-order valence-corrected chi connectivity index (χ1v) is 7.34. The number of likely N-dealkylation sites (tertiary alicyclic amines) is 1. The van der Waals surface area contributed by atoms with Gasteiger partial charge < -0.3 is 5.32 Å². The molecule has 1 fully saturated rings. The van der Waals surface area contributed by atoms with Crippen molar-refractivity contribution in [2.45, 2.75) is 45.7 Å². The molecule has 1 aliphatic rings. The van der Waals surface area contributed by atoms with Crippen molar-refractivity contribution in [2.24, 2.45) is 0 Å². The third-order valence-electron chi connectivity index (χ3n) is 3.60. The zero-order valence-electron chi connectivity index (χ0n) is 11.1. The van der Waals surface area contributed by atoms with Gasteiger partial charge in [0.1, 0.15) is 5.01 Å². The minimum atomic E-state index is 0.693. The van der Waals surface area contributed by atoms with Gasteiger partial charge in [0.15, 0.2) is 0 Å². The second kappa shape index (κ2) is 5.94. The monoisotopic (exact) mass is 253 g/mol. The van der Waals surface area contributed by atoms with Crippen LogP contribution in [0.1, 0.15) is 34.8 Å². The predicted molar refractivity (Wildman–Crippen MR) is 73.6 cm³/mol. The van der Waals surface area contributed by atoms with Crippen LogP contribution in [0.25, 0.3) is 0 Å². The van der Waals surface area contributed by atoms with Crippen molar-refractivity contribution >= 4 is 11.3 Å². The summed E-state index contributed by atoms with van der Waals surface area (Å²) in [6.45, 7) is 7.63. The van der Waals surface area contributed by atoms with Gasteiger partial charge >= 0.3 is 0 Å². The number of aromatic nitrogens is 1. The van der Waals surface area contributed by atoms with Crippen LogP contribution in [0.5, 0.6) is 0 Å². The number of thiazole rings is 1. The van der Waals surface area contributed by atoms with E-state index >= 15 is 0 Å². The molecule has 1 N–H and O–H groups in total. The average molecular weight is 253 g/mol. The zero-order chi connectivity index (χ0) is 12.3. The van der Waals surface area contributed by atoms with E-state index in [4.69, 9.17) is 0 Å². The fraction of sp³-hybridized carbons (Fsp3) is 0.769. The Kier molecular flexibility index (Phi) is 4.54. The predicted octanol–water partition coefficient (Wildman–Crippen LogP) is 2.33. The highest BCUT2D eigenvalue weighted by atomic mass is 32.1. The topological polar surface area (TPSA) is 28.2 Å². The highest BCUT2D eigenvalue weighted by Crippen LogP contribution is 2.23. The Morgan fingerprint density at radius 2 is 2.24 bits per heavy atom. The third kappa shape index (κ3) is 3.27. The maximum atomic E-state index is 4.66. The first kappa shape index (κ1) is 13.0. The summed E-state index contributed by atoms with van der Waals surface area (Å²) >= 11 is 1.85.